The number of alkyl halides is 3. The predicted octanol–water partition coefficient (Wildman–Crippen LogP) is 2.31. The van der Waals surface area contributed by atoms with Gasteiger partial charge in [-0.2, -0.15) is 13.2 Å². The van der Waals surface area contributed by atoms with Gasteiger partial charge in [-0.25, -0.2) is 0 Å². The number of hydrogen-bond acceptors (Lipinski definition) is 2. The van der Waals surface area contributed by atoms with Crippen molar-refractivity contribution in [3.63, 3.8) is 0 Å². The summed E-state index contributed by atoms with van der Waals surface area (Å²) in [6.07, 6.45) is -3.89. The third-order valence-corrected chi connectivity index (χ3v) is 2.90. The summed E-state index contributed by atoms with van der Waals surface area (Å²) >= 11 is 0. The van der Waals surface area contributed by atoms with Crippen LogP contribution in [0.1, 0.15) is 18.1 Å². The molecule has 0 spiro atoms. The molecule has 1 aromatic carbocycles. The van der Waals surface area contributed by atoms with Crippen molar-refractivity contribution in [2.75, 3.05) is 20.6 Å². The molecule has 20 heavy (non-hydrogen) atoms. The number of nitrogens with one attached hydrogen (secondary N) is 1. The maximum atomic E-state index is 12.6. The minimum absolute atomic E-state index is 0.0686. The number of nitrogens with zero attached hydrogens (tertiary/aromatic N) is 1. The maximum Gasteiger partial charge on any atom is 0.416 e. The van der Waals surface area contributed by atoms with Crippen LogP contribution in [0.3, 0.4) is 0 Å². The van der Waals surface area contributed by atoms with E-state index < -0.39 is 11.7 Å². The van der Waals surface area contributed by atoms with Gasteiger partial charge in [-0.1, -0.05) is 18.2 Å². The third kappa shape index (κ3) is 5.21. The molecule has 1 aromatic rings. The largest absolute Gasteiger partial charge is 0.416 e. The summed E-state index contributed by atoms with van der Waals surface area (Å²) in [5.74, 6) is -0.0686. The van der Waals surface area contributed by atoms with Crippen LogP contribution in [0.2, 0.25) is 0 Å². The van der Waals surface area contributed by atoms with E-state index >= 15 is 0 Å². The van der Waals surface area contributed by atoms with E-state index in [-0.39, 0.29) is 18.5 Å². The van der Waals surface area contributed by atoms with E-state index in [1.54, 1.807) is 20.2 Å². The standard InChI is InChI=1S/C14H19F3N2O/c1-10(18-9-13(20)19(2)3)7-11-5-4-6-12(8-11)14(15,16)17/h4-6,8,10,18H,7,9H2,1-3H3. The molecule has 112 valence electrons. The summed E-state index contributed by atoms with van der Waals surface area (Å²) in [5, 5.41) is 3.00. The van der Waals surface area contributed by atoms with Crippen molar-refractivity contribution >= 4 is 5.91 Å². The van der Waals surface area contributed by atoms with Crippen LogP contribution in [0.5, 0.6) is 0 Å². The third-order valence-electron chi connectivity index (χ3n) is 2.90. The van der Waals surface area contributed by atoms with Gasteiger partial charge < -0.3 is 10.2 Å². The summed E-state index contributed by atoms with van der Waals surface area (Å²) in [7, 11) is 3.31. The van der Waals surface area contributed by atoms with Gasteiger partial charge in [0, 0.05) is 20.1 Å². The van der Waals surface area contributed by atoms with Crippen LogP contribution < -0.4 is 5.32 Å². The molecule has 3 nitrogen and oxygen atoms in total. The second-order valence-corrected chi connectivity index (χ2v) is 4.97. The average molecular weight is 288 g/mol. The molecule has 1 atom stereocenters. The van der Waals surface area contributed by atoms with Gasteiger partial charge in [0.15, 0.2) is 0 Å². The predicted molar refractivity (Wildman–Crippen MR) is 71.3 cm³/mol. The van der Waals surface area contributed by atoms with Crippen LogP contribution in [0.4, 0.5) is 13.2 Å². The Kier molecular flexibility index (Phi) is 5.56. The monoisotopic (exact) mass is 288 g/mol. The topological polar surface area (TPSA) is 32.3 Å². The fourth-order valence-electron chi connectivity index (χ4n) is 1.72. The molecule has 1 amide bonds. The number of benzene rings is 1. The van der Waals surface area contributed by atoms with E-state index in [1.807, 2.05) is 6.92 Å². The van der Waals surface area contributed by atoms with Crippen LogP contribution in [-0.4, -0.2) is 37.5 Å². The number of halogens is 3. The molecule has 1 N–H and O–H groups in total. The van der Waals surface area contributed by atoms with Gasteiger partial charge in [0.25, 0.3) is 0 Å². The molecule has 1 rings (SSSR count). The number of rotatable bonds is 5. The zero-order chi connectivity index (χ0) is 15.3. The second-order valence-electron chi connectivity index (χ2n) is 4.97. The molecule has 0 aliphatic rings. The van der Waals surface area contributed by atoms with E-state index in [0.29, 0.717) is 12.0 Å². The van der Waals surface area contributed by atoms with Gasteiger partial charge in [0.05, 0.1) is 12.1 Å². The van der Waals surface area contributed by atoms with Gasteiger partial charge in [-0.3, -0.25) is 4.79 Å². The van der Waals surface area contributed by atoms with Gasteiger partial charge in [-0.15, -0.1) is 0 Å². The Morgan fingerprint density at radius 3 is 2.55 bits per heavy atom. The molecule has 0 saturated carbocycles. The summed E-state index contributed by atoms with van der Waals surface area (Å²) in [4.78, 5) is 12.9. The van der Waals surface area contributed by atoms with Crippen molar-refractivity contribution in [1.82, 2.24) is 10.2 Å². The highest BCUT2D eigenvalue weighted by atomic mass is 19.4. The Labute approximate surface area is 116 Å². The van der Waals surface area contributed by atoms with E-state index in [9.17, 15) is 18.0 Å². The molecule has 6 heteroatoms. The lowest BCUT2D eigenvalue weighted by molar-refractivity contribution is -0.137. The van der Waals surface area contributed by atoms with Crippen LogP contribution in [0.15, 0.2) is 24.3 Å². The molecular formula is C14H19F3N2O. The van der Waals surface area contributed by atoms with Crippen LogP contribution in [0.25, 0.3) is 0 Å². The number of carbonyl (C=O) groups is 1. The zero-order valence-corrected chi connectivity index (χ0v) is 11.8. The Balaban J connectivity index is 2.58. The van der Waals surface area contributed by atoms with Crippen LogP contribution in [-0.2, 0) is 17.4 Å². The highest BCUT2D eigenvalue weighted by molar-refractivity contribution is 5.77. The summed E-state index contributed by atoms with van der Waals surface area (Å²) in [5.41, 5.74) is -0.0521. The molecular weight excluding hydrogens is 269 g/mol. The molecule has 0 aliphatic heterocycles. The molecule has 0 aromatic heterocycles. The first-order valence-corrected chi connectivity index (χ1v) is 6.30. The fourth-order valence-corrected chi connectivity index (χ4v) is 1.72. The SMILES string of the molecule is CC(Cc1cccc(C(F)(F)F)c1)NCC(=O)N(C)C. The molecule has 0 saturated heterocycles. The molecule has 0 radical (unpaired) electrons. The quantitative estimate of drug-likeness (QED) is 0.902. The zero-order valence-electron chi connectivity index (χ0n) is 11.8. The van der Waals surface area contributed by atoms with Crippen molar-refractivity contribution in [2.45, 2.75) is 25.6 Å². The van der Waals surface area contributed by atoms with Crippen molar-refractivity contribution in [3.8, 4) is 0 Å². The van der Waals surface area contributed by atoms with Crippen molar-refractivity contribution in [1.29, 1.82) is 0 Å². The molecule has 0 aliphatic carbocycles. The van der Waals surface area contributed by atoms with Gasteiger partial charge in [-0.05, 0) is 25.0 Å². The highest BCUT2D eigenvalue weighted by Gasteiger charge is 2.30. The number of hydrogen-bond donors (Lipinski definition) is 1. The highest BCUT2D eigenvalue weighted by Crippen LogP contribution is 2.29. The first-order valence-electron chi connectivity index (χ1n) is 6.30. The Morgan fingerprint density at radius 2 is 2.00 bits per heavy atom. The minimum Gasteiger partial charge on any atom is -0.348 e. The smallest absolute Gasteiger partial charge is 0.348 e. The normalized spacial score (nSPS) is 13.1. The number of likely N-dealkylation sites (N-methyl/N-ethyl adjacent to an activating group) is 1. The molecule has 0 bridgehead atoms. The van der Waals surface area contributed by atoms with Crippen LogP contribution in [0, 0.1) is 0 Å². The van der Waals surface area contributed by atoms with Gasteiger partial charge in [0.1, 0.15) is 0 Å². The summed E-state index contributed by atoms with van der Waals surface area (Å²) in [6, 6.07) is 5.17. The molecule has 0 fully saturated rings. The first kappa shape index (κ1) is 16.5. The minimum atomic E-state index is -4.33. The summed E-state index contributed by atoms with van der Waals surface area (Å²) < 4.78 is 37.7. The van der Waals surface area contributed by atoms with Crippen LogP contribution >= 0.6 is 0 Å². The maximum absolute atomic E-state index is 12.6. The van der Waals surface area contributed by atoms with Crippen molar-refractivity contribution < 1.29 is 18.0 Å². The number of carbonyl (C=O) groups excluding carboxylic acids is 1. The fraction of sp³-hybridized carbons (Fsp3) is 0.500. The van der Waals surface area contributed by atoms with E-state index in [2.05, 4.69) is 5.32 Å². The average Bonchev–Trinajstić information content (AvgIpc) is 2.35. The van der Waals surface area contributed by atoms with E-state index in [4.69, 9.17) is 0 Å². The van der Waals surface area contributed by atoms with E-state index in [0.717, 1.165) is 12.1 Å². The lowest BCUT2D eigenvalue weighted by atomic mass is 10.0. The molecule has 0 heterocycles. The Morgan fingerprint density at radius 1 is 1.35 bits per heavy atom. The van der Waals surface area contributed by atoms with Crippen molar-refractivity contribution in [2.24, 2.45) is 0 Å². The number of amides is 1. The first-order chi connectivity index (χ1) is 9.20. The summed E-state index contributed by atoms with van der Waals surface area (Å²) in [6.45, 7) is 2.01. The van der Waals surface area contributed by atoms with E-state index in [1.165, 1.54) is 11.0 Å². The molecule has 1 unspecified atom stereocenters. The van der Waals surface area contributed by atoms with Gasteiger partial charge >= 0.3 is 6.18 Å². The Hall–Kier alpha value is -1.56. The lowest BCUT2D eigenvalue weighted by Crippen LogP contribution is -2.38. The second kappa shape index (κ2) is 6.74. The Bertz CT molecular complexity index is 458. The lowest BCUT2D eigenvalue weighted by Gasteiger charge is -2.16. The van der Waals surface area contributed by atoms with Gasteiger partial charge in [0.2, 0.25) is 5.91 Å². The van der Waals surface area contributed by atoms with Crippen molar-refractivity contribution in [3.05, 3.63) is 35.4 Å².